The number of thioether (sulfide) groups is 1. The Bertz CT molecular complexity index is 226. The second kappa shape index (κ2) is 5.77. The third kappa shape index (κ3) is 4.44. The molecule has 1 aliphatic heterocycles. The van der Waals surface area contributed by atoms with Gasteiger partial charge >= 0.3 is 0 Å². The topological polar surface area (TPSA) is 27.0 Å². The minimum Gasteiger partial charge on any atom is -0.303 e. The molecule has 1 aliphatic rings. The molecule has 1 fully saturated rings. The Hall–Kier alpha value is -0.200. The van der Waals surface area contributed by atoms with Gasteiger partial charge in [0.15, 0.2) is 0 Å². The van der Waals surface area contributed by atoms with E-state index in [2.05, 4.69) is 29.8 Å². The van der Waals surface area contributed by atoms with Gasteiger partial charge in [0.1, 0.15) is 0 Å². The monoisotopic (exact) mass is 226 g/mol. The second-order valence-corrected chi connectivity index (χ2v) is 6.25. The lowest BCUT2D eigenvalue weighted by Gasteiger charge is -2.24. The highest BCUT2D eigenvalue weighted by Crippen LogP contribution is 2.24. The van der Waals surface area contributed by atoms with Crippen LogP contribution in [0.2, 0.25) is 0 Å². The zero-order valence-electron chi connectivity index (χ0n) is 10.1. The molecule has 1 saturated heterocycles. The summed E-state index contributed by atoms with van der Waals surface area (Å²) in [5, 5.41) is 8.90. The van der Waals surface area contributed by atoms with Gasteiger partial charge < -0.3 is 4.90 Å². The number of nitriles is 1. The van der Waals surface area contributed by atoms with Gasteiger partial charge in [-0.15, -0.1) is 0 Å². The average Bonchev–Trinajstić information content (AvgIpc) is 2.70. The average molecular weight is 226 g/mol. The van der Waals surface area contributed by atoms with E-state index in [4.69, 9.17) is 5.26 Å². The molecular formula is C12H22N2S. The molecule has 0 radical (unpaired) electrons. The molecule has 15 heavy (non-hydrogen) atoms. The maximum Gasteiger partial charge on any atom is 0.0683 e. The van der Waals surface area contributed by atoms with E-state index in [-0.39, 0.29) is 5.41 Å². The van der Waals surface area contributed by atoms with Crippen LogP contribution in [0.3, 0.4) is 0 Å². The first-order chi connectivity index (χ1) is 7.05. The van der Waals surface area contributed by atoms with Gasteiger partial charge in [-0.05, 0) is 52.5 Å². The van der Waals surface area contributed by atoms with Crippen molar-refractivity contribution in [1.29, 1.82) is 5.26 Å². The summed E-state index contributed by atoms with van der Waals surface area (Å²) in [5.74, 6) is 2.61. The van der Waals surface area contributed by atoms with Crippen LogP contribution in [0.5, 0.6) is 0 Å². The molecule has 1 atom stereocenters. The maximum atomic E-state index is 8.90. The fraction of sp³-hybridized carbons (Fsp3) is 0.917. The van der Waals surface area contributed by atoms with Crippen LogP contribution in [-0.2, 0) is 0 Å². The van der Waals surface area contributed by atoms with E-state index in [1.165, 1.54) is 17.9 Å². The van der Waals surface area contributed by atoms with Crippen LogP contribution in [0.15, 0.2) is 0 Å². The van der Waals surface area contributed by atoms with Gasteiger partial charge in [0.2, 0.25) is 0 Å². The Kier molecular flexibility index (Phi) is 4.95. The molecule has 1 heterocycles. The van der Waals surface area contributed by atoms with Crippen LogP contribution in [-0.4, -0.2) is 36.0 Å². The molecule has 0 spiro atoms. The van der Waals surface area contributed by atoms with E-state index in [9.17, 15) is 0 Å². The van der Waals surface area contributed by atoms with Crippen molar-refractivity contribution in [3.8, 4) is 6.07 Å². The number of hydrogen-bond acceptors (Lipinski definition) is 3. The Morgan fingerprint density at radius 2 is 2.27 bits per heavy atom. The van der Waals surface area contributed by atoms with Crippen molar-refractivity contribution in [2.45, 2.75) is 39.2 Å². The lowest BCUT2D eigenvalue weighted by Crippen LogP contribution is -2.32. The molecule has 1 unspecified atom stereocenters. The van der Waals surface area contributed by atoms with Crippen molar-refractivity contribution in [3.05, 3.63) is 0 Å². The highest BCUT2D eigenvalue weighted by molar-refractivity contribution is 7.99. The summed E-state index contributed by atoms with van der Waals surface area (Å²) in [4.78, 5) is 2.47. The molecule has 3 heteroatoms. The van der Waals surface area contributed by atoms with Gasteiger partial charge in [0, 0.05) is 11.8 Å². The fourth-order valence-corrected chi connectivity index (χ4v) is 3.18. The second-order valence-electron chi connectivity index (χ2n) is 5.10. The van der Waals surface area contributed by atoms with Crippen molar-refractivity contribution >= 4 is 11.8 Å². The summed E-state index contributed by atoms with van der Waals surface area (Å²) >= 11 is 2.06. The van der Waals surface area contributed by atoms with Crippen molar-refractivity contribution in [3.63, 3.8) is 0 Å². The molecule has 0 saturated carbocycles. The zero-order valence-corrected chi connectivity index (χ0v) is 10.9. The molecule has 0 bridgehead atoms. The van der Waals surface area contributed by atoms with E-state index < -0.39 is 0 Å². The highest BCUT2D eigenvalue weighted by Gasteiger charge is 2.21. The third-order valence-corrected chi connectivity index (χ3v) is 4.29. The Morgan fingerprint density at radius 3 is 2.80 bits per heavy atom. The van der Waals surface area contributed by atoms with Crippen LogP contribution in [0.1, 0.15) is 33.1 Å². The van der Waals surface area contributed by atoms with Gasteiger partial charge in [-0.1, -0.05) is 0 Å². The van der Waals surface area contributed by atoms with Gasteiger partial charge in [0.25, 0.3) is 0 Å². The van der Waals surface area contributed by atoms with Crippen LogP contribution in [0, 0.1) is 16.7 Å². The summed E-state index contributed by atoms with van der Waals surface area (Å²) < 4.78 is 0. The quantitative estimate of drug-likeness (QED) is 0.721. The lowest BCUT2D eigenvalue weighted by atomic mass is 9.90. The summed E-state index contributed by atoms with van der Waals surface area (Å²) in [5.41, 5.74) is -0.148. The molecule has 0 N–H and O–H groups in total. The first-order valence-electron chi connectivity index (χ1n) is 5.74. The lowest BCUT2D eigenvalue weighted by molar-refractivity contribution is 0.246. The standard InChI is InChI=1S/C12H22N2S/c1-12(2,10-13)6-4-7-14(3)11-5-8-15-9-11/h11H,4-9H2,1-3H3. The largest absolute Gasteiger partial charge is 0.303 e. The number of nitrogens with zero attached hydrogens (tertiary/aromatic N) is 2. The molecule has 1 rings (SSSR count). The molecule has 0 aromatic rings. The minimum absolute atomic E-state index is 0.148. The van der Waals surface area contributed by atoms with Gasteiger partial charge in [-0.25, -0.2) is 0 Å². The zero-order chi connectivity index (χ0) is 11.3. The first kappa shape index (κ1) is 12.9. The molecule has 2 nitrogen and oxygen atoms in total. The maximum absolute atomic E-state index is 8.90. The fourth-order valence-electron chi connectivity index (χ4n) is 1.88. The van der Waals surface area contributed by atoms with Gasteiger partial charge in [-0.3, -0.25) is 0 Å². The van der Waals surface area contributed by atoms with Crippen LogP contribution in [0.25, 0.3) is 0 Å². The summed E-state index contributed by atoms with van der Waals surface area (Å²) in [7, 11) is 2.22. The molecule has 86 valence electrons. The summed E-state index contributed by atoms with van der Waals surface area (Å²) in [6.45, 7) is 5.19. The molecule has 0 amide bonds. The highest BCUT2D eigenvalue weighted by atomic mass is 32.2. The van der Waals surface area contributed by atoms with E-state index in [1.54, 1.807) is 0 Å². The van der Waals surface area contributed by atoms with E-state index in [1.807, 2.05) is 13.8 Å². The van der Waals surface area contributed by atoms with Gasteiger partial charge in [0.05, 0.1) is 11.5 Å². The van der Waals surface area contributed by atoms with Gasteiger partial charge in [-0.2, -0.15) is 17.0 Å². The minimum atomic E-state index is -0.148. The van der Waals surface area contributed by atoms with Crippen molar-refractivity contribution in [2.75, 3.05) is 25.1 Å². The predicted octanol–water partition coefficient (Wildman–Crippen LogP) is 2.75. The SMILES string of the molecule is CN(CCCC(C)(C)C#N)C1CCSC1. The van der Waals surface area contributed by atoms with E-state index in [0.29, 0.717) is 0 Å². The van der Waals surface area contributed by atoms with E-state index >= 15 is 0 Å². The van der Waals surface area contributed by atoms with Crippen molar-refractivity contribution in [2.24, 2.45) is 5.41 Å². The third-order valence-electron chi connectivity index (χ3n) is 3.14. The van der Waals surface area contributed by atoms with Crippen molar-refractivity contribution < 1.29 is 0 Å². The molecule has 0 aliphatic carbocycles. The van der Waals surface area contributed by atoms with E-state index in [0.717, 1.165) is 25.4 Å². The van der Waals surface area contributed by atoms with Crippen molar-refractivity contribution in [1.82, 2.24) is 4.90 Å². The first-order valence-corrected chi connectivity index (χ1v) is 6.90. The molecule has 0 aromatic heterocycles. The molecule has 0 aromatic carbocycles. The van der Waals surface area contributed by atoms with Crippen LogP contribution in [0.4, 0.5) is 0 Å². The Balaban J connectivity index is 2.17. The Morgan fingerprint density at radius 1 is 1.53 bits per heavy atom. The predicted molar refractivity (Wildman–Crippen MR) is 67.0 cm³/mol. The number of hydrogen-bond donors (Lipinski definition) is 0. The van der Waals surface area contributed by atoms with Crippen LogP contribution < -0.4 is 0 Å². The summed E-state index contributed by atoms with van der Waals surface area (Å²) in [6, 6.07) is 3.14. The normalized spacial score (nSPS) is 21.9. The summed E-state index contributed by atoms with van der Waals surface area (Å²) in [6.07, 6.45) is 3.48. The smallest absolute Gasteiger partial charge is 0.0683 e. The number of rotatable bonds is 5. The Labute approximate surface area is 98.0 Å². The van der Waals surface area contributed by atoms with Crippen LogP contribution >= 0.6 is 11.8 Å². The molecular weight excluding hydrogens is 204 g/mol.